The molecule has 4 aromatic carbocycles. The molecule has 0 saturated heterocycles. The van der Waals surface area contributed by atoms with E-state index in [1.165, 1.54) is 21.9 Å². The summed E-state index contributed by atoms with van der Waals surface area (Å²) in [5, 5.41) is 7.07. The molecule has 0 spiro atoms. The summed E-state index contributed by atoms with van der Waals surface area (Å²) in [6.07, 6.45) is 8.10. The number of benzene rings is 4. The van der Waals surface area contributed by atoms with Gasteiger partial charge in [-0.1, -0.05) is 38.1 Å². The third-order valence-electron chi connectivity index (χ3n) is 8.70. The molecule has 3 heterocycles. The van der Waals surface area contributed by atoms with Crippen molar-refractivity contribution >= 4 is 21.8 Å². The van der Waals surface area contributed by atoms with Crippen LogP contribution >= 0.6 is 0 Å². The maximum absolute atomic E-state index is 6.50. The number of nitrogens with zero attached hydrogens (tertiary/aromatic N) is 4. The van der Waals surface area contributed by atoms with Crippen LogP contribution in [0.4, 0.5) is 0 Å². The summed E-state index contributed by atoms with van der Waals surface area (Å²) in [5.41, 5.74) is 8.98. The Labute approximate surface area is 276 Å². The molecular formula is C41H40N4O2. The molecule has 0 atom stereocenters. The van der Waals surface area contributed by atoms with Crippen molar-refractivity contribution in [2.45, 2.75) is 47.5 Å². The van der Waals surface area contributed by atoms with Crippen LogP contribution in [0, 0.1) is 19.8 Å². The van der Waals surface area contributed by atoms with Crippen LogP contribution in [0.2, 0.25) is 0 Å². The van der Waals surface area contributed by atoms with Crippen LogP contribution in [0.1, 0.15) is 43.9 Å². The minimum Gasteiger partial charge on any atom is -0.494 e. The molecule has 236 valence electrons. The molecule has 6 nitrogen and oxygen atoms in total. The highest BCUT2D eigenvalue weighted by molar-refractivity contribution is 6.09. The highest BCUT2D eigenvalue weighted by atomic mass is 16.5. The van der Waals surface area contributed by atoms with Crippen molar-refractivity contribution in [3.8, 4) is 39.9 Å². The maximum Gasteiger partial charge on any atom is 0.137 e. The molecule has 0 aliphatic rings. The summed E-state index contributed by atoms with van der Waals surface area (Å²) in [5.74, 6) is 3.97. The Kier molecular flexibility index (Phi) is 8.25. The number of ether oxygens (including phenoxy) is 2. The summed E-state index contributed by atoms with van der Waals surface area (Å²) in [6, 6.07) is 31.4. The molecule has 0 aliphatic heterocycles. The van der Waals surface area contributed by atoms with Crippen molar-refractivity contribution in [3.63, 3.8) is 0 Å². The normalized spacial score (nSPS) is 11.5. The van der Waals surface area contributed by atoms with Gasteiger partial charge in [0.25, 0.3) is 0 Å². The second-order valence-electron chi connectivity index (χ2n) is 12.6. The minimum atomic E-state index is 0.648. The summed E-state index contributed by atoms with van der Waals surface area (Å²) >= 11 is 0. The highest BCUT2D eigenvalue weighted by Gasteiger charge is 2.16. The molecule has 7 rings (SSSR count). The van der Waals surface area contributed by atoms with E-state index >= 15 is 0 Å². The van der Waals surface area contributed by atoms with Crippen molar-refractivity contribution in [3.05, 3.63) is 126 Å². The summed E-state index contributed by atoms with van der Waals surface area (Å²) in [4.78, 5) is 4.82. The van der Waals surface area contributed by atoms with Gasteiger partial charge in [0.05, 0.1) is 29.5 Å². The lowest BCUT2D eigenvalue weighted by Crippen LogP contribution is -2.00. The molecule has 0 saturated carbocycles. The quantitative estimate of drug-likeness (QED) is 0.153. The van der Waals surface area contributed by atoms with Crippen molar-refractivity contribution in [2.24, 2.45) is 5.92 Å². The molecule has 0 bridgehead atoms. The minimum absolute atomic E-state index is 0.648. The van der Waals surface area contributed by atoms with Gasteiger partial charge in [-0.15, -0.1) is 0 Å². The molecule has 0 radical (unpaired) electrons. The van der Waals surface area contributed by atoms with Gasteiger partial charge in [-0.3, -0.25) is 4.57 Å². The SMILES string of the molecule is CCOc1cc(C)c(-c2cnn(-c3cccc(Oc4ccc5c6ccccc6n(-c6cc(CCC(C)C)ccn6)c5c4)c3)c2)c(C)c1. The molecule has 0 fully saturated rings. The fourth-order valence-electron chi connectivity index (χ4n) is 6.50. The van der Waals surface area contributed by atoms with Crippen LogP contribution in [0.25, 0.3) is 44.4 Å². The summed E-state index contributed by atoms with van der Waals surface area (Å²) in [6.45, 7) is 11.4. The molecule has 0 N–H and O–H groups in total. The van der Waals surface area contributed by atoms with Gasteiger partial charge in [0.1, 0.15) is 23.1 Å². The van der Waals surface area contributed by atoms with Gasteiger partial charge in [0, 0.05) is 40.9 Å². The van der Waals surface area contributed by atoms with Crippen molar-refractivity contribution in [1.29, 1.82) is 0 Å². The lowest BCUT2D eigenvalue weighted by atomic mass is 9.98. The number of aryl methyl sites for hydroxylation is 3. The van der Waals surface area contributed by atoms with Gasteiger partial charge < -0.3 is 9.47 Å². The van der Waals surface area contributed by atoms with Crippen LogP contribution in [-0.4, -0.2) is 25.9 Å². The Morgan fingerprint density at radius 2 is 1.55 bits per heavy atom. The zero-order chi connectivity index (χ0) is 32.5. The third-order valence-corrected chi connectivity index (χ3v) is 8.70. The number of hydrogen-bond donors (Lipinski definition) is 0. The van der Waals surface area contributed by atoms with E-state index in [4.69, 9.17) is 19.6 Å². The lowest BCUT2D eigenvalue weighted by molar-refractivity contribution is 0.340. The first kappa shape index (κ1) is 30.3. The molecule has 7 aromatic rings. The average molecular weight is 621 g/mol. The number of aromatic nitrogens is 4. The fraction of sp³-hybridized carbons (Fsp3) is 0.220. The molecule has 0 unspecified atom stereocenters. The lowest BCUT2D eigenvalue weighted by Gasteiger charge is -2.12. The first-order valence-electron chi connectivity index (χ1n) is 16.4. The zero-order valence-electron chi connectivity index (χ0n) is 27.7. The zero-order valence-corrected chi connectivity index (χ0v) is 27.7. The molecule has 47 heavy (non-hydrogen) atoms. The Morgan fingerprint density at radius 3 is 2.36 bits per heavy atom. The third kappa shape index (κ3) is 6.11. The van der Waals surface area contributed by atoms with Crippen molar-refractivity contribution in [1.82, 2.24) is 19.3 Å². The standard InChI is InChI=1S/C41H40N4O2/c1-6-46-35-20-28(4)41(29(5)21-35)31-25-43-44(26-31)32-10-9-11-33(23-32)47-34-16-17-37-36-12-7-8-13-38(36)45(39(37)24-34)40-22-30(18-19-42-40)15-14-27(2)3/h7-13,16-27H,6,14-15H2,1-5H3. The Balaban J connectivity index is 1.21. The van der Waals surface area contributed by atoms with E-state index in [1.807, 2.05) is 54.3 Å². The van der Waals surface area contributed by atoms with E-state index in [-0.39, 0.29) is 0 Å². The molecule has 0 amide bonds. The summed E-state index contributed by atoms with van der Waals surface area (Å²) in [7, 11) is 0. The molecule has 6 heteroatoms. The second-order valence-corrected chi connectivity index (χ2v) is 12.6. The maximum atomic E-state index is 6.50. The number of rotatable bonds is 10. The monoisotopic (exact) mass is 620 g/mol. The first-order valence-corrected chi connectivity index (χ1v) is 16.4. The van der Waals surface area contributed by atoms with E-state index < -0.39 is 0 Å². The van der Waals surface area contributed by atoms with Crippen LogP contribution in [0.5, 0.6) is 17.2 Å². The van der Waals surface area contributed by atoms with E-state index in [0.717, 1.165) is 69.3 Å². The predicted octanol–water partition coefficient (Wildman–Crippen LogP) is 10.4. The predicted molar refractivity (Wildman–Crippen MR) is 191 cm³/mol. The van der Waals surface area contributed by atoms with Crippen LogP contribution in [0.15, 0.2) is 110 Å². The van der Waals surface area contributed by atoms with Crippen molar-refractivity contribution < 1.29 is 9.47 Å². The molecule has 0 aliphatic carbocycles. The van der Waals surface area contributed by atoms with E-state index in [2.05, 4.69) is 99.1 Å². The average Bonchev–Trinajstić information content (AvgIpc) is 3.67. The second kappa shape index (κ2) is 12.8. The first-order chi connectivity index (χ1) is 22.9. The van der Waals surface area contributed by atoms with E-state index in [0.29, 0.717) is 12.5 Å². The fourth-order valence-corrected chi connectivity index (χ4v) is 6.50. The Bertz CT molecular complexity index is 2180. The number of para-hydroxylation sites is 1. The van der Waals surface area contributed by atoms with Gasteiger partial charge in [0.2, 0.25) is 0 Å². The highest BCUT2D eigenvalue weighted by Crippen LogP contribution is 2.36. The van der Waals surface area contributed by atoms with Gasteiger partial charge in [0.15, 0.2) is 0 Å². The Morgan fingerprint density at radius 1 is 0.766 bits per heavy atom. The van der Waals surface area contributed by atoms with E-state index in [1.54, 1.807) is 0 Å². The van der Waals surface area contributed by atoms with Gasteiger partial charge >= 0.3 is 0 Å². The Hall–Kier alpha value is -5.36. The van der Waals surface area contributed by atoms with Gasteiger partial charge in [-0.05, 0) is 116 Å². The van der Waals surface area contributed by atoms with Crippen LogP contribution < -0.4 is 9.47 Å². The van der Waals surface area contributed by atoms with E-state index in [9.17, 15) is 0 Å². The largest absolute Gasteiger partial charge is 0.494 e. The number of hydrogen-bond acceptors (Lipinski definition) is 4. The smallest absolute Gasteiger partial charge is 0.137 e. The number of fused-ring (bicyclic) bond motifs is 3. The molecular weight excluding hydrogens is 580 g/mol. The molecule has 3 aromatic heterocycles. The van der Waals surface area contributed by atoms with Crippen LogP contribution in [-0.2, 0) is 6.42 Å². The van der Waals surface area contributed by atoms with Crippen molar-refractivity contribution in [2.75, 3.05) is 6.61 Å². The van der Waals surface area contributed by atoms with Gasteiger partial charge in [-0.2, -0.15) is 5.10 Å². The topological polar surface area (TPSA) is 54.1 Å². The summed E-state index contributed by atoms with van der Waals surface area (Å²) < 4.78 is 16.4. The van der Waals surface area contributed by atoms with Gasteiger partial charge in [-0.25, -0.2) is 9.67 Å². The number of pyridine rings is 1. The van der Waals surface area contributed by atoms with Crippen LogP contribution in [0.3, 0.4) is 0 Å².